The van der Waals surface area contributed by atoms with Gasteiger partial charge < -0.3 is 25.0 Å². The molecule has 0 spiro atoms. The summed E-state index contributed by atoms with van der Waals surface area (Å²) in [5.74, 6) is 1.22. The third-order valence-electron chi connectivity index (χ3n) is 3.05. The summed E-state index contributed by atoms with van der Waals surface area (Å²) in [5, 5.41) is 0. The molecule has 0 saturated carbocycles. The van der Waals surface area contributed by atoms with Crippen molar-refractivity contribution >= 4 is 7.82 Å². The Morgan fingerprint density at radius 3 is 1.04 bits per heavy atom. The van der Waals surface area contributed by atoms with Crippen LogP contribution in [0, 0.1) is 0 Å². The highest BCUT2D eigenvalue weighted by molar-refractivity contribution is 7.49. The average Bonchev–Trinajstić information content (AvgIpc) is 2.70. The minimum Gasteiger partial charge on any atom is -0.386 e. The number of hydrogen-bond donors (Lipinski definition) is 2. The largest absolute Gasteiger partial charge is 0.647 e. The van der Waals surface area contributed by atoms with Crippen LogP contribution in [-0.2, 0) is 4.57 Å². The predicted octanol–water partition coefficient (Wildman–Crippen LogP) is 4.24. The van der Waals surface area contributed by atoms with Crippen LogP contribution in [0.25, 0.3) is 0 Å². The van der Waals surface area contributed by atoms with E-state index in [-0.39, 0.29) is 0 Å². The van der Waals surface area contributed by atoms with E-state index in [1.807, 2.05) is 18.2 Å². The van der Waals surface area contributed by atoms with Gasteiger partial charge in [0.15, 0.2) is 0 Å². The molecule has 7 heteroatoms. The minimum atomic E-state index is -3.89. The van der Waals surface area contributed by atoms with E-state index in [9.17, 15) is 4.57 Å². The van der Waals surface area contributed by atoms with Crippen molar-refractivity contribution in [2.75, 3.05) is 13.1 Å². The summed E-state index contributed by atoms with van der Waals surface area (Å²) < 4.78 is 29.6. The van der Waals surface area contributed by atoms with Gasteiger partial charge in [0.1, 0.15) is 17.2 Å². The first-order chi connectivity index (χ1) is 13.1. The molecule has 0 amide bonds. The quantitative estimate of drug-likeness (QED) is 0.590. The van der Waals surface area contributed by atoms with Crippen molar-refractivity contribution in [1.82, 2.24) is 0 Å². The summed E-state index contributed by atoms with van der Waals surface area (Å²) in [5.41, 5.74) is 9.81. The summed E-state index contributed by atoms with van der Waals surface area (Å²) in [6, 6.07) is 26.4. The summed E-state index contributed by atoms with van der Waals surface area (Å²) in [6.45, 7) is 1.19. The Hall–Kier alpha value is -2.79. The summed E-state index contributed by atoms with van der Waals surface area (Å²) in [6.07, 6.45) is 0. The highest BCUT2D eigenvalue weighted by Gasteiger charge is 2.33. The van der Waals surface area contributed by atoms with Crippen LogP contribution in [0.3, 0.4) is 0 Å². The SMILES string of the molecule is NCCN.O=P(Oc1ccccc1)(Oc1ccccc1)Oc1ccccc1. The maximum atomic E-state index is 13.1. The molecule has 0 bridgehead atoms. The smallest absolute Gasteiger partial charge is 0.386 e. The fourth-order valence-electron chi connectivity index (χ4n) is 1.89. The zero-order chi connectivity index (χ0) is 19.4. The standard InChI is InChI=1S/C18H15O4P.C2H8N2/c19-23(20-16-10-4-1-5-11-16,21-17-12-6-2-7-13-17)22-18-14-8-3-9-15-18;3-1-2-4/h1-15H;1-4H2. The Kier molecular flexibility index (Phi) is 8.39. The first-order valence-electron chi connectivity index (χ1n) is 8.39. The molecule has 4 N–H and O–H groups in total. The van der Waals surface area contributed by atoms with Crippen LogP contribution in [0.2, 0.25) is 0 Å². The van der Waals surface area contributed by atoms with Gasteiger partial charge in [0, 0.05) is 13.1 Å². The van der Waals surface area contributed by atoms with Gasteiger partial charge in [0.2, 0.25) is 0 Å². The second-order valence-electron chi connectivity index (χ2n) is 5.24. The Balaban J connectivity index is 0.000000596. The lowest BCUT2D eigenvalue weighted by molar-refractivity contribution is 0.298. The van der Waals surface area contributed by atoms with E-state index in [1.54, 1.807) is 72.8 Å². The highest BCUT2D eigenvalue weighted by atomic mass is 31.2. The number of phosphoric acid groups is 1. The lowest BCUT2D eigenvalue weighted by atomic mass is 10.3. The Morgan fingerprint density at radius 2 is 0.815 bits per heavy atom. The second-order valence-corrected chi connectivity index (χ2v) is 6.68. The molecule has 3 rings (SSSR count). The topological polar surface area (TPSA) is 96.8 Å². The molecule has 0 atom stereocenters. The van der Waals surface area contributed by atoms with Crippen molar-refractivity contribution in [2.45, 2.75) is 0 Å². The lowest BCUT2D eigenvalue weighted by Gasteiger charge is -2.19. The Labute approximate surface area is 159 Å². The number of rotatable bonds is 7. The Morgan fingerprint density at radius 1 is 0.556 bits per heavy atom. The maximum Gasteiger partial charge on any atom is 0.647 e. The van der Waals surface area contributed by atoms with Gasteiger partial charge >= 0.3 is 7.82 Å². The van der Waals surface area contributed by atoms with Gasteiger partial charge in [-0.1, -0.05) is 54.6 Å². The average molecular weight is 386 g/mol. The molecule has 0 aliphatic rings. The molecule has 0 saturated heterocycles. The lowest BCUT2D eigenvalue weighted by Crippen LogP contribution is -2.11. The van der Waals surface area contributed by atoms with E-state index in [0.29, 0.717) is 30.3 Å². The maximum absolute atomic E-state index is 13.1. The number of phosphoric ester groups is 1. The minimum absolute atomic E-state index is 0.405. The summed E-state index contributed by atoms with van der Waals surface area (Å²) in [7, 11) is -3.89. The van der Waals surface area contributed by atoms with Crippen LogP contribution in [0.15, 0.2) is 91.0 Å². The molecule has 0 aliphatic heterocycles. The van der Waals surface area contributed by atoms with E-state index in [0.717, 1.165) is 0 Å². The van der Waals surface area contributed by atoms with Gasteiger partial charge in [-0.2, -0.15) is 4.57 Å². The van der Waals surface area contributed by atoms with E-state index < -0.39 is 7.82 Å². The first kappa shape index (κ1) is 20.5. The molecule has 0 heterocycles. The van der Waals surface area contributed by atoms with Crippen LogP contribution in [-0.4, -0.2) is 13.1 Å². The third kappa shape index (κ3) is 7.54. The molecule has 0 radical (unpaired) electrons. The Bertz CT molecular complexity index is 707. The molecular formula is C20H23N2O4P. The van der Waals surface area contributed by atoms with Crippen LogP contribution in [0.1, 0.15) is 0 Å². The number of hydrogen-bond acceptors (Lipinski definition) is 6. The fraction of sp³-hybridized carbons (Fsp3) is 0.100. The van der Waals surface area contributed by atoms with Crippen molar-refractivity contribution in [3.63, 3.8) is 0 Å². The van der Waals surface area contributed by atoms with E-state index in [4.69, 9.17) is 25.0 Å². The monoisotopic (exact) mass is 386 g/mol. The predicted molar refractivity (Wildman–Crippen MR) is 107 cm³/mol. The second kappa shape index (κ2) is 11.0. The molecule has 3 aromatic carbocycles. The molecule has 6 nitrogen and oxygen atoms in total. The molecule has 27 heavy (non-hydrogen) atoms. The van der Waals surface area contributed by atoms with Crippen LogP contribution in [0.4, 0.5) is 0 Å². The highest BCUT2D eigenvalue weighted by Crippen LogP contribution is 2.49. The first-order valence-corrected chi connectivity index (χ1v) is 9.85. The van der Waals surface area contributed by atoms with E-state index in [2.05, 4.69) is 0 Å². The molecule has 0 aliphatic carbocycles. The molecule has 0 aromatic heterocycles. The summed E-state index contributed by atoms with van der Waals surface area (Å²) in [4.78, 5) is 0. The van der Waals surface area contributed by atoms with E-state index >= 15 is 0 Å². The number of nitrogens with two attached hydrogens (primary N) is 2. The molecule has 0 unspecified atom stereocenters. The van der Waals surface area contributed by atoms with Crippen molar-refractivity contribution in [3.05, 3.63) is 91.0 Å². The van der Waals surface area contributed by atoms with E-state index in [1.165, 1.54) is 0 Å². The van der Waals surface area contributed by atoms with Gasteiger partial charge in [0.25, 0.3) is 0 Å². The number of para-hydroxylation sites is 3. The van der Waals surface area contributed by atoms with Gasteiger partial charge in [-0.15, -0.1) is 0 Å². The summed E-state index contributed by atoms with van der Waals surface area (Å²) >= 11 is 0. The third-order valence-corrected chi connectivity index (χ3v) is 4.35. The van der Waals surface area contributed by atoms with Crippen molar-refractivity contribution < 1.29 is 18.1 Å². The number of benzene rings is 3. The fourth-order valence-corrected chi connectivity index (χ4v) is 3.14. The van der Waals surface area contributed by atoms with Gasteiger partial charge in [-0.25, -0.2) is 0 Å². The molecular weight excluding hydrogens is 363 g/mol. The van der Waals surface area contributed by atoms with Crippen LogP contribution < -0.4 is 25.0 Å². The van der Waals surface area contributed by atoms with Crippen LogP contribution >= 0.6 is 7.82 Å². The van der Waals surface area contributed by atoms with Crippen molar-refractivity contribution in [2.24, 2.45) is 11.5 Å². The van der Waals surface area contributed by atoms with Gasteiger partial charge in [-0.05, 0) is 36.4 Å². The van der Waals surface area contributed by atoms with Gasteiger partial charge in [-0.3, -0.25) is 0 Å². The van der Waals surface area contributed by atoms with Crippen molar-refractivity contribution in [1.29, 1.82) is 0 Å². The molecule has 0 fully saturated rings. The normalized spacial score (nSPS) is 10.3. The van der Waals surface area contributed by atoms with Crippen molar-refractivity contribution in [3.8, 4) is 17.2 Å². The molecule has 142 valence electrons. The zero-order valence-electron chi connectivity index (χ0n) is 14.8. The van der Waals surface area contributed by atoms with Gasteiger partial charge in [0.05, 0.1) is 0 Å². The van der Waals surface area contributed by atoms with Crippen LogP contribution in [0.5, 0.6) is 17.2 Å². The molecule has 3 aromatic rings. The zero-order valence-corrected chi connectivity index (χ0v) is 15.7.